The zero-order valence-electron chi connectivity index (χ0n) is 34.2. The number of rotatable bonds is 6. The van der Waals surface area contributed by atoms with Gasteiger partial charge in [-0.15, -0.1) is 11.3 Å². The van der Waals surface area contributed by atoms with Crippen molar-refractivity contribution in [1.82, 2.24) is 4.57 Å². The van der Waals surface area contributed by atoms with Crippen LogP contribution in [0.3, 0.4) is 0 Å². The number of benzene rings is 11. The van der Waals surface area contributed by atoms with Gasteiger partial charge in [0, 0.05) is 59.1 Å². The van der Waals surface area contributed by atoms with Gasteiger partial charge in [-0.2, -0.15) is 0 Å². The maximum Gasteiger partial charge on any atom is 0.0619 e. The predicted octanol–water partition coefficient (Wildman–Crippen LogP) is 17.4. The van der Waals surface area contributed by atoms with E-state index in [1.165, 1.54) is 102 Å². The van der Waals surface area contributed by atoms with E-state index in [-0.39, 0.29) is 0 Å². The molecule has 0 bridgehead atoms. The summed E-state index contributed by atoms with van der Waals surface area (Å²) in [6, 6.07) is 84.9. The van der Waals surface area contributed by atoms with E-state index in [1.54, 1.807) is 0 Å². The fourth-order valence-corrected chi connectivity index (χ4v) is 10.9. The SMILES string of the molecule is c1ccc(-c2ccc(N(c3ccc4ccccc4c3)c3ccc4sc5ccc(-c6ccc7c8ccc9ccccc9c8n(-c8ccc9ccccc9c8)c7c6)cc5c4c3)cc2)cc1. The molecule has 63 heavy (non-hydrogen) atoms. The number of fused-ring (bicyclic) bond motifs is 10. The van der Waals surface area contributed by atoms with Gasteiger partial charge in [0.05, 0.1) is 11.0 Å². The molecule has 0 unspecified atom stereocenters. The van der Waals surface area contributed by atoms with E-state index in [0.29, 0.717) is 0 Å². The van der Waals surface area contributed by atoms with Crippen molar-refractivity contribution in [3.8, 4) is 27.9 Å². The molecule has 2 aromatic heterocycles. The molecule has 11 aromatic carbocycles. The third kappa shape index (κ3) is 5.93. The lowest BCUT2D eigenvalue weighted by molar-refractivity contribution is 1.19. The zero-order valence-corrected chi connectivity index (χ0v) is 35.1. The third-order valence-electron chi connectivity index (χ3n) is 12.9. The van der Waals surface area contributed by atoms with Crippen LogP contribution in [0.5, 0.6) is 0 Å². The molecule has 0 N–H and O–H groups in total. The van der Waals surface area contributed by atoms with Gasteiger partial charge < -0.3 is 9.47 Å². The second-order valence-corrected chi connectivity index (χ2v) is 17.6. The van der Waals surface area contributed by atoms with Crippen molar-refractivity contribution in [2.75, 3.05) is 4.90 Å². The van der Waals surface area contributed by atoms with Crippen molar-refractivity contribution < 1.29 is 0 Å². The van der Waals surface area contributed by atoms with E-state index in [2.05, 4.69) is 240 Å². The molecule has 0 radical (unpaired) electrons. The molecule has 13 rings (SSSR count). The number of aromatic nitrogens is 1. The number of thiophene rings is 1. The van der Waals surface area contributed by atoms with E-state index >= 15 is 0 Å². The summed E-state index contributed by atoms with van der Waals surface area (Å²) in [4.78, 5) is 2.40. The molecule has 0 saturated carbocycles. The normalized spacial score (nSPS) is 11.8. The Morgan fingerprint density at radius 2 is 0.841 bits per heavy atom. The Hall–Kier alpha value is -7.98. The number of hydrogen-bond donors (Lipinski definition) is 0. The summed E-state index contributed by atoms with van der Waals surface area (Å²) in [5, 5.41) is 12.5. The second kappa shape index (κ2) is 14.3. The van der Waals surface area contributed by atoms with Crippen LogP contribution in [-0.4, -0.2) is 4.57 Å². The molecule has 0 spiro atoms. The van der Waals surface area contributed by atoms with Crippen LogP contribution < -0.4 is 4.90 Å². The van der Waals surface area contributed by atoms with Crippen LogP contribution in [0.1, 0.15) is 0 Å². The van der Waals surface area contributed by atoms with Gasteiger partial charge in [0.15, 0.2) is 0 Å². The molecule has 0 fully saturated rings. The molecule has 0 atom stereocenters. The minimum absolute atomic E-state index is 1.12. The van der Waals surface area contributed by atoms with E-state index in [1.807, 2.05) is 11.3 Å². The van der Waals surface area contributed by atoms with Gasteiger partial charge in [0.1, 0.15) is 0 Å². The Morgan fingerprint density at radius 1 is 0.302 bits per heavy atom. The van der Waals surface area contributed by atoms with Crippen molar-refractivity contribution in [1.29, 1.82) is 0 Å². The summed E-state index contributed by atoms with van der Waals surface area (Å²) in [7, 11) is 0. The van der Waals surface area contributed by atoms with Crippen LogP contribution in [0.25, 0.3) is 102 Å². The number of nitrogens with zero attached hydrogens (tertiary/aromatic N) is 2. The molecule has 294 valence electrons. The highest BCUT2D eigenvalue weighted by molar-refractivity contribution is 7.25. The van der Waals surface area contributed by atoms with Crippen molar-refractivity contribution in [3.63, 3.8) is 0 Å². The quantitative estimate of drug-likeness (QED) is 0.162. The Morgan fingerprint density at radius 3 is 1.65 bits per heavy atom. The van der Waals surface area contributed by atoms with Gasteiger partial charge >= 0.3 is 0 Å². The first-order valence-electron chi connectivity index (χ1n) is 21.6. The van der Waals surface area contributed by atoms with Crippen LogP contribution in [0.15, 0.2) is 231 Å². The lowest BCUT2D eigenvalue weighted by atomic mass is 10.0. The summed E-state index contributed by atoms with van der Waals surface area (Å²) >= 11 is 1.86. The van der Waals surface area contributed by atoms with Crippen LogP contribution in [0, 0.1) is 0 Å². The van der Waals surface area contributed by atoms with Gasteiger partial charge in [-0.25, -0.2) is 0 Å². The fourth-order valence-electron chi connectivity index (χ4n) is 9.82. The van der Waals surface area contributed by atoms with Gasteiger partial charge in [-0.1, -0.05) is 158 Å². The largest absolute Gasteiger partial charge is 0.310 e. The molecule has 0 aliphatic carbocycles. The smallest absolute Gasteiger partial charge is 0.0619 e. The van der Waals surface area contributed by atoms with Crippen molar-refractivity contribution in [2.45, 2.75) is 0 Å². The van der Waals surface area contributed by atoms with Crippen molar-refractivity contribution in [2.24, 2.45) is 0 Å². The highest BCUT2D eigenvalue weighted by Gasteiger charge is 2.19. The maximum absolute atomic E-state index is 2.49. The van der Waals surface area contributed by atoms with Gasteiger partial charge in [-0.05, 0) is 122 Å². The number of anilines is 3. The lowest BCUT2D eigenvalue weighted by Gasteiger charge is -2.26. The molecule has 0 amide bonds. The third-order valence-corrected chi connectivity index (χ3v) is 14.1. The first kappa shape index (κ1) is 35.7. The number of hydrogen-bond acceptors (Lipinski definition) is 2. The van der Waals surface area contributed by atoms with E-state index in [4.69, 9.17) is 0 Å². The topological polar surface area (TPSA) is 8.17 Å². The van der Waals surface area contributed by atoms with Crippen LogP contribution in [-0.2, 0) is 0 Å². The first-order valence-corrected chi connectivity index (χ1v) is 22.4. The zero-order chi connectivity index (χ0) is 41.4. The summed E-state index contributed by atoms with van der Waals surface area (Å²) in [5.74, 6) is 0. The average Bonchev–Trinajstić information content (AvgIpc) is 3.89. The summed E-state index contributed by atoms with van der Waals surface area (Å²) in [5.41, 5.74) is 11.8. The molecule has 0 aliphatic heterocycles. The highest BCUT2D eigenvalue weighted by Crippen LogP contribution is 2.44. The Kier molecular flexibility index (Phi) is 8.12. The van der Waals surface area contributed by atoms with Crippen LogP contribution in [0.4, 0.5) is 17.1 Å². The van der Waals surface area contributed by atoms with E-state index < -0.39 is 0 Å². The van der Waals surface area contributed by atoms with Gasteiger partial charge in [0.2, 0.25) is 0 Å². The van der Waals surface area contributed by atoms with Crippen LogP contribution >= 0.6 is 11.3 Å². The Labute approximate surface area is 368 Å². The molecule has 3 heteroatoms. The minimum Gasteiger partial charge on any atom is -0.310 e. The minimum atomic E-state index is 1.12. The fraction of sp³-hybridized carbons (Fsp3) is 0. The molecular formula is C60H38N2S. The molecule has 2 heterocycles. The highest BCUT2D eigenvalue weighted by atomic mass is 32.1. The molecule has 0 saturated heterocycles. The van der Waals surface area contributed by atoms with E-state index in [9.17, 15) is 0 Å². The molecular weight excluding hydrogens is 781 g/mol. The second-order valence-electron chi connectivity index (χ2n) is 16.6. The standard InChI is InChI=1S/C60H38N2S/c1-2-10-39(11-3-1)42-18-25-48(26-19-42)61(49-27-20-40-12-4-6-15-44(40)34-49)51-29-33-59-56(38-51)55-36-46(24-32-58(55)63-59)47-23-30-53-54-31-22-43-14-8-9-17-52(43)60(54)62(57(53)37-47)50-28-21-41-13-5-7-16-45(41)35-50/h1-38H. The summed E-state index contributed by atoms with van der Waals surface area (Å²) < 4.78 is 5.05. The predicted molar refractivity (Wildman–Crippen MR) is 272 cm³/mol. The molecule has 2 nitrogen and oxygen atoms in total. The lowest BCUT2D eigenvalue weighted by Crippen LogP contribution is -2.09. The Bertz CT molecular complexity index is 3910. The molecule has 0 aliphatic rings. The summed E-state index contributed by atoms with van der Waals surface area (Å²) in [6.07, 6.45) is 0. The Balaban J connectivity index is 0.972. The van der Waals surface area contributed by atoms with Crippen molar-refractivity contribution in [3.05, 3.63) is 231 Å². The maximum atomic E-state index is 2.49. The average molecular weight is 819 g/mol. The monoisotopic (exact) mass is 818 g/mol. The summed E-state index contributed by atoms with van der Waals surface area (Å²) in [6.45, 7) is 0. The van der Waals surface area contributed by atoms with E-state index in [0.717, 1.165) is 17.1 Å². The van der Waals surface area contributed by atoms with Gasteiger partial charge in [-0.3, -0.25) is 0 Å². The van der Waals surface area contributed by atoms with Crippen molar-refractivity contribution >= 4 is 103 Å². The molecule has 13 aromatic rings. The first-order chi connectivity index (χ1) is 31.2. The van der Waals surface area contributed by atoms with Gasteiger partial charge in [0.25, 0.3) is 0 Å². The van der Waals surface area contributed by atoms with Crippen LogP contribution in [0.2, 0.25) is 0 Å².